The minimum absolute atomic E-state index is 0.274. The minimum atomic E-state index is 0.274. The van der Waals surface area contributed by atoms with Crippen LogP contribution in [-0.4, -0.2) is 23.6 Å². The van der Waals surface area contributed by atoms with Crippen LogP contribution >= 0.6 is 11.8 Å². The van der Waals surface area contributed by atoms with Crippen LogP contribution in [0.2, 0.25) is 0 Å². The zero-order chi connectivity index (χ0) is 12.0. The number of rotatable bonds is 2. The van der Waals surface area contributed by atoms with Crippen LogP contribution < -0.4 is 5.32 Å². The van der Waals surface area contributed by atoms with Crippen LogP contribution in [0.1, 0.15) is 47.5 Å². The molecular formula is C14H27NS. The fourth-order valence-corrected chi connectivity index (χ4v) is 5.02. The fourth-order valence-electron chi connectivity index (χ4n) is 3.11. The highest BCUT2D eigenvalue weighted by Crippen LogP contribution is 2.67. The first-order valence-electron chi connectivity index (χ1n) is 6.60. The lowest BCUT2D eigenvalue weighted by Gasteiger charge is -2.40. The van der Waals surface area contributed by atoms with E-state index in [4.69, 9.17) is 0 Å². The SMILES string of the molecule is CC(C)(C)NCC1CC12CSCCC2(C)C. The molecular weight excluding hydrogens is 214 g/mol. The van der Waals surface area contributed by atoms with Crippen molar-refractivity contribution in [1.82, 2.24) is 5.32 Å². The second kappa shape index (κ2) is 3.91. The maximum Gasteiger partial charge on any atom is 0.00966 e. The van der Waals surface area contributed by atoms with E-state index in [-0.39, 0.29) is 5.54 Å². The van der Waals surface area contributed by atoms with Gasteiger partial charge < -0.3 is 5.32 Å². The Morgan fingerprint density at radius 2 is 2.00 bits per heavy atom. The van der Waals surface area contributed by atoms with Gasteiger partial charge in [-0.3, -0.25) is 0 Å². The van der Waals surface area contributed by atoms with E-state index in [2.05, 4.69) is 51.7 Å². The van der Waals surface area contributed by atoms with Gasteiger partial charge in [0, 0.05) is 5.54 Å². The molecule has 0 amide bonds. The van der Waals surface area contributed by atoms with E-state index in [1.807, 2.05) is 0 Å². The summed E-state index contributed by atoms with van der Waals surface area (Å²) in [6, 6.07) is 0. The Labute approximate surface area is 105 Å². The van der Waals surface area contributed by atoms with Crippen molar-refractivity contribution in [1.29, 1.82) is 0 Å². The number of hydrogen-bond donors (Lipinski definition) is 1. The minimum Gasteiger partial charge on any atom is -0.312 e. The second-order valence-corrected chi connectivity index (χ2v) is 8.48. The van der Waals surface area contributed by atoms with Crippen molar-refractivity contribution < 1.29 is 0 Å². The largest absolute Gasteiger partial charge is 0.312 e. The second-order valence-electron chi connectivity index (χ2n) is 7.37. The monoisotopic (exact) mass is 241 g/mol. The Morgan fingerprint density at radius 1 is 1.31 bits per heavy atom. The third-order valence-electron chi connectivity index (χ3n) is 4.69. The first-order valence-corrected chi connectivity index (χ1v) is 7.75. The summed E-state index contributed by atoms with van der Waals surface area (Å²) in [6.45, 7) is 13.0. The Hall–Kier alpha value is 0.310. The van der Waals surface area contributed by atoms with E-state index in [0.717, 1.165) is 5.92 Å². The van der Waals surface area contributed by atoms with Crippen LogP contribution in [0, 0.1) is 16.7 Å². The number of thioether (sulfide) groups is 1. The molecule has 0 bridgehead atoms. The van der Waals surface area contributed by atoms with Gasteiger partial charge in [-0.2, -0.15) is 11.8 Å². The van der Waals surface area contributed by atoms with Gasteiger partial charge in [0.2, 0.25) is 0 Å². The molecule has 1 saturated heterocycles. The third-order valence-corrected chi connectivity index (χ3v) is 5.90. The lowest BCUT2D eigenvalue weighted by atomic mass is 9.73. The molecule has 2 fully saturated rings. The van der Waals surface area contributed by atoms with Gasteiger partial charge in [0.15, 0.2) is 0 Å². The van der Waals surface area contributed by atoms with E-state index < -0.39 is 0 Å². The lowest BCUT2D eigenvalue weighted by Crippen LogP contribution is -2.40. The van der Waals surface area contributed by atoms with E-state index in [0.29, 0.717) is 10.8 Å². The molecule has 1 nitrogen and oxygen atoms in total. The molecule has 1 N–H and O–H groups in total. The summed E-state index contributed by atoms with van der Waals surface area (Å²) in [5.74, 6) is 3.69. The molecule has 0 aromatic rings. The highest BCUT2D eigenvalue weighted by molar-refractivity contribution is 7.99. The van der Waals surface area contributed by atoms with Crippen molar-refractivity contribution >= 4 is 11.8 Å². The Kier molecular flexibility index (Phi) is 3.12. The molecule has 2 aliphatic rings. The summed E-state index contributed by atoms with van der Waals surface area (Å²) in [6.07, 6.45) is 2.86. The van der Waals surface area contributed by atoms with Gasteiger partial charge in [-0.1, -0.05) is 13.8 Å². The van der Waals surface area contributed by atoms with Crippen LogP contribution in [0.15, 0.2) is 0 Å². The molecule has 94 valence electrons. The summed E-state index contributed by atoms with van der Waals surface area (Å²) >= 11 is 2.18. The smallest absolute Gasteiger partial charge is 0.00966 e. The van der Waals surface area contributed by atoms with Gasteiger partial charge >= 0.3 is 0 Å². The van der Waals surface area contributed by atoms with Gasteiger partial charge in [0.05, 0.1) is 0 Å². The first-order chi connectivity index (χ1) is 7.27. The van der Waals surface area contributed by atoms with Crippen molar-refractivity contribution in [2.45, 2.75) is 53.0 Å². The van der Waals surface area contributed by atoms with Crippen molar-refractivity contribution in [3.8, 4) is 0 Å². The maximum atomic E-state index is 3.68. The summed E-state index contributed by atoms with van der Waals surface area (Å²) < 4.78 is 0. The van der Waals surface area contributed by atoms with E-state index in [1.165, 1.54) is 30.9 Å². The molecule has 2 heteroatoms. The number of nitrogens with one attached hydrogen (secondary N) is 1. The van der Waals surface area contributed by atoms with Gasteiger partial charge in [-0.25, -0.2) is 0 Å². The summed E-state index contributed by atoms with van der Waals surface area (Å²) in [5.41, 5.74) is 1.51. The van der Waals surface area contributed by atoms with Gasteiger partial charge in [0.1, 0.15) is 0 Å². The molecule has 16 heavy (non-hydrogen) atoms. The molecule has 0 aromatic carbocycles. The quantitative estimate of drug-likeness (QED) is 0.793. The third kappa shape index (κ3) is 2.28. The van der Waals surface area contributed by atoms with Crippen molar-refractivity contribution in [2.24, 2.45) is 16.7 Å². The molecule has 1 aliphatic carbocycles. The standard InChI is InChI=1S/C14H27NS/c1-12(2,3)15-9-11-8-14(11)10-16-7-6-13(14,4)5/h11,15H,6-10H2,1-5H3. The Bertz CT molecular complexity index is 266. The van der Waals surface area contributed by atoms with E-state index in [1.54, 1.807) is 0 Å². The zero-order valence-electron chi connectivity index (χ0n) is 11.5. The average Bonchev–Trinajstić information content (AvgIpc) is 2.82. The normalized spacial score (nSPS) is 37.7. The molecule has 2 unspecified atom stereocenters. The van der Waals surface area contributed by atoms with Crippen molar-refractivity contribution in [2.75, 3.05) is 18.1 Å². The predicted octanol–water partition coefficient (Wildman–Crippen LogP) is 3.54. The van der Waals surface area contributed by atoms with Crippen molar-refractivity contribution in [3.63, 3.8) is 0 Å². The molecule has 1 saturated carbocycles. The van der Waals surface area contributed by atoms with Crippen LogP contribution in [0.25, 0.3) is 0 Å². The molecule has 2 rings (SSSR count). The molecule has 0 aromatic heterocycles. The first kappa shape index (κ1) is 12.8. The van der Waals surface area contributed by atoms with Crippen LogP contribution in [-0.2, 0) is 0 Å². The Balaban J connectivity index is 1.92. The van der Waals surface area contributed by atoms with Crippen LogP contribution in [0.4, 0.5) is 0 Å². The molecule has 2 atom stereocenters. The molecule has 1 spiro atoms. The summed E-state index contributed by atoms with van der Waals surface area (Å²) in [4.78, 5) is 0. The van der Waals surface area contributed by atoms with Crippen molar-refractivity contribution in [3.05, 3.63) is 0 Å². The molecule has 1 aliphatic heterocycles. The van der Waals surface area contributed by atoms with Crippen LogP contribution in [0.5, 0.6) is 0 Å². The summed E-state index contributed by atoms with van der Waals surface area (Å²) in [5, 5.41) is 3.68. The van der Waals surface area contributed by atoms with E-state index in [9.17, 15) is 0 Å². The number of hydrogen-bond acceptors (Lipinski definition) is 2. The van der Waals surface area contributed by atoms with Gasteiger partial charge in [0.25, 0.3) is 0 Å². The fraction of sp³-hybridized carbons (Fsp3) is 1.00. The molecule has 1 heterocycles. The van der Waals surface area contributed by atoms with E-state index >= 15 is 0 Å². The predicted molar refractivity (Wildman–Crippen MR) is 74.0 cm³/mol. The van der Waals surface area contributed by atoms with Crippen LogP contribution in [0.3, 0.4) is 0 Å². The molecule has 0 radical (unpaired) electrons. The average molecular weight is 241 g/mol. The van der Waals surface area contributed by atoms with Gasteiger partial charge in [-0.05, 0) is 68.4 Å². The lowest BCUT2D eigenvalue weighted by molar-refractivity contribution is 0.174. The van der Waals surface area contributed by atoms with Gasteiger partial charge in [-0.15, -0.1) is 0 Å². The highest BCUT2D eigenvalue weighted by Gasteiger charge is 2.62. The summed E-state index contributed by atoms with van der Waals surface area (Å²) in [7, 11) is 0. The zero-order valence-corrected chi connectivity index (χ0v) is 12.3. The Morgan fingerprint density at radius 3 is 2.56 bits per heavy atom. The maximum absolute atomic E-state index is 3.68. The highest BCUT2D eigenvalue weighted by atomic mass is 32.2. The topological polar surface area (TPSA) is 12.0 Å².